The second kappa shape index (κ2) is 5.71. The van der Waals surface area contributed by atoms with Crippen LogP contribution in [-0.4, -0.2) is 19.8 Å². The Morgan fingerprint density at radius 1 is 1.50 bits per heavy atom. The van der Waals surface area contributed by atoms with E-state index in [1.807, 2.05) is 6.07 Å². The minimum absolute atomic E-state index is 0.331. The maximum Gasteiger partial charge on any atom is 0.0931 e. The summed E-state index contributed by atoms with van der Waals surface area (Å²) in [6, 6.07) is 4.68. The van der Waals surface area contributed by atoms with Crippen LogP contribution in [0.4, 0.5) is 0 Å². The molecule has 0 fully saturated rings. The van der Waals surface area contributed by atoms with Crippen molar-refractivity contribution in [1.82, 2.24) is 5.32 Å². The predicted molar refractivity (Wildman–Crippen MR) is 62.2 cm³/mol. The molecule has 1 aromatic heterocycles. The number of methoxy groups -OCH3 is 1. The molecule has 0 aliphatic rings. The SMILES string of the molecule is COC[C@H](C)N[C@@H](C)c1ccc(Cl)s1. The molecule has 80 valence electrons. The van der Waals surface area contributed by atoms with E-state index in [-0.39, 0.29) is 0 Å². The van der Waals surface area contributed by atoms with E-state index in [1.165, 1.54) is 4.88 Å². The van der Waals surface area contributed by atoms with Gasteiger partial charge in [-0.05, 0) is 26.0 Å². The molecular weight excluding hydrogens is 218 g/mol. The molecule has 0 aliphatic heterocycles. The summed E-state index contributed by atoms with van der Waals surface area (Å²) in [5.41, 5.74) is 0. The van der Waals surface area contributed by atoms with Crippen molar-refractivity contribution in [2.45, 2.75) is 25.9 Å². The molecule has 0 amide bonds. The molecule has 1 N–H and O–H groups in total. The van der Waals surface area contributed by atoms with Gasteiger partial charge in [0.05, 0.1) is 10.9 Å². The summed E-state index contributed by atoms with van der Waals surface area (Å²) in [6.07, 6.45) is 0. The minimum atomic E-state index is 0.331. The van der Waals surface area contributed by atoms with Crippen LogP contribution >= 0.6 is 22.9 Å². The largest absolute Gasteiger partial charge is 0.383 e. The van der Waals surface area contributed by atoms with Crippen LogP contribution in [0.3, 0.4) is 0 Å². The molecule has 0 aliphatic carbocycles. The molecule has 0 unspecified atom stereocenters. The summed E-state index contributed by atoms with van der Waals surface area (Å²) in [6.45, 7) is 4.97. The molecule has 4 heteroatoms. The van der Waals surface area contributed by atoms with Gasteiger partial charge in [0, 0.05) is 24.1 Å². The third-order valence-corrected chi connectivity index (χ3v) is 3.39. The van der Waals surface area contributed by atoms with Gasteiger partial charge >= 0.3 is 0 Å². The highest BCUT2D eigenvalue weighted by molar-refractivity contribution is 7.16. The first-order chi connectivity index (χ1) is 6.63. The Morgan fingerprint density at radius 2 is 2.21 bits per heavy atom. The molecule has 1 heterocycles. The Bertz CT molecular complexity index is 277. The van der Waals surface area contributed by atoms with Crippen LogP contribution in [0.25, 0.3) is 0 Å². The van der Waals surface area contributed by atoms with Crippen molar-refractivity contribution in [2.24, 2.45) is 0 Å². The number of rotatable bonds is 5. The number of hydrogen-bond acceptors (Lipinski definition) is 3. The Kier molecular flexibility index (Phi) is 4.89. The molecular formula is C10H16ClNOS. The van der Waals surface area contributed by atoms with Crippen LogP contribution in [0.15, 0.2) is 12.1 Å². The van der Waals surface area contributed by atoms with E-state index in [4.69, 9.17) is 16.3 Å². The lowest BCUT2D eigenvalue weighted by atomic mass is 10.2. The molecule has 0 spiro atoms. The third-order valence-electron chi connectivity index (χ3n) is 1.97. The van der Waals surface area contributed by atoms with Crippen molar-refractivity contribution in [1.29, 1.82) is 0 Å². The van der Waals surface area contributed by atoms with Gasteiger partial charge in [-0.1, -0.05) is 11.6 Å². The number of hydrogen-bond donors (Lipinski definition) is 1. The highest BCUT2D eigenvalue weighted by Crippen LogP contribution is 2.26. The fourth-order valence-electron chi connectivity index (χ4n) is 1.37. The van der Waals surface area contributed by atoms with Crippen LogP contribution in [0, 0.1) is 0 Å². The van der Waals surface area contributed by atoms with Crippen molar-refractivity contribution in [3.8, 4) is 0 Å². The molecule has 0 saturated heterocycles. The summed E-state index contributed by atoms with van der Waals surface area (Å²) in [5, 5.41) is 3.44. The maximum absolute atomic E-state index is 5.87. The molecule has 0 bridgehead atoms. The maximum atomic E-state index is 5.87. The lowest BCUT2D eigenvalue weighted by molar-refractivity contribution is 0.168. The normalized spacial score (nSPS) is 15.4. The molecule has 14 heavy (non-hydrogen) atoms. The van der Waals surface area contributed by atoms with Crippen LogP contribution in [0.1, 0.15) is 24.8 Å². The molecule has 0 aromatic carbocycles. The molecule has 1 aromatic rings. The van der Waals surface area contributed by atoms with E-state index in [0.717, 1.165) is 10.9 Å². The van der Waals surface area contributed by atoms with Crippen LogP contribution < -0.4 is 5.32 Å². The average Bonchev–Trinajstić information content (AvgIpc) is 2.52. The zero-order valence-corrected chi connectivity index (χ0v) is 10.3. The van der Waals surface area contributed by atoms with E-state index < -0.39 is 0 Å². The van der Waals surface area contributed by atoms with E-state index in [9.17, 15) is 0 Å². The highest BCUT2D eigenvalue weighted by atomic mass is 35.5. The first-order valence-corrected chi connectivity index (χ1v) is 5.83. The van der Waals surface area contributed by atoms with Gasteiger partial charge in [0.25, 0.3) is 0 Å². The van der Waals surface area contributed by atoms with Gasteiger partial charge in [0.1, 0.15) is 0 Å². The summed E-state index contributed by atoms with van der Waals surface area (Å²) < 4.78 is 5.90. The van der Waals surface area contributed by atoms with Crippen LogP contribution in [0.2, 0.25) is 4.34 Å². The Morgan fingerprint density at radius 3 is 2.71 bits per heavy atom. The van der Waals surface area contributed by atoms with E-state index in [0.29, 0.717) is 12.1 Å². The van der Waals surface area contributed by atoms with Crippen molar-refractivity contribution >= 4 is 22.9 Å². The van der Waals surface area contributed by atoms with Crippen molar-refractivity contribution in [3.05, 3.63) is 21.3 Å². The summed E-state index contributed by atoms with van der Waals surface area (Å²) in [4.78, 5) is 1.26. The zero-order valence-electron chi connectivity index (χ0n) is 8.71. The second-order valence-corrected chi connectivity index (χ2v) is 5.13. The lowest BCUT2D eigenvalue weighted by Gasteiger charge is -2.18. The number of halogens is 1. The van der Waals surface area contributed by atoms with Gasteiger partial charge in [-0.25, -0.2) is 0 Å². The Hall–Kier alpha value is -0.0900. The minimum Gasteiger partial charge on any atom is -0.383 e. The third kappa shape index (κ3) is 3.58. The molecule has 0 radical (unpaired) electrons. The molecule has 0 saturated carbocycles. The molecule has 2 atom stereocenters. The van der Waals surface area contributed by atoms with E-state index >= 15 is 0 Å². The summed E-state index contributed by atoms with van der Waals surface area (Å²) in [7, 11) is 1.71. The molecule has 1 rings (SSSR count). The van der Waals surface area contributed by atoms with Gasteiger partial charge in [-0.2, -0.15) is 0 Å². The Labute approximate surface area is 94.2 Å². The average molecular weight is 234 g/mol. The monoisotopic (exact) mass is 233 g/mol. The summed E-state index contributed by atoms with van der Waals surface area (Å²) in [5.74, 6) is 0. The van der Waals surface area contributed by atoms with E-state index in [1.54, 1.807) is 18.4 Å². The van der Waals surface area contributed by atoms with Gasteiger partial charge in [0.2, 0.25) is 0 Å². The predicted octanol–water partition coefficient (Wildman–Crippen LogP) is 3.09. The lowest BCUT2D eigenvalue weighted by Crippen LogP contribution is -2.32. The van der Waals surface area contributed by atoms with Crippen molar-refractivity contribution in [3.63, 3.8) is 0 Å². The summed E-state index contributed by atoms with van der Waals surface area (Å²) >= 11 is 7.49. The topological polar surface area (TPSA) is 21.3 Å². The Balaban J connectivity index is 2.45. The zero-order chi connectivity index (χ0) is 10.6. The van der Waals surface area contributed by atoms with Crippen LogP contribution in [-0.2, 0) is 4.74 Å². The second-order valence-electron chi connectivity index (χ2n) is 3.39. The van der Waals surface area contributed by atoms with Gasteiger partial charge in [0.15, 0.2) is 0 Å². The molecule has 2 nitrogen and oxygen atoms in total. The number of nitrogens with one attached hydrogen (secondary N) is 1. The smallest absolute Gasteiger partial charge is 0.0931 e. The van der Waals surface area contributed by atoms with Gasteiger partial charge < -0.3 is 10.1 Å². The number of ether oxygens (including phenoxy) is 1. The fraction of sp³-hybridized carbons (Fsp3) is 0.600. The number of thiophene rings is 1. The fourth-order valence-corrected chi connectivity index (χ4v) is 2.44. The first-order valence-electron chi connectivity index (χ1n) is 4.63. The van der Waals surface area contributed by atoms with Gasteiger partial charge in [-0.3, -0.25) is 0 Å². The quantitative estimate of drug-likeness (QED) is 0.844. The highest BCUT2D eigenvalue weighted by Gasteiger charge is 2.10. The first kappa shape index (κ1) is 12.0. The van der Waals surface area contributed by atoms with Gasteiger partial charge in [-0.15, -0.1) is 11.3 Å². The van der Waals surface area contributed by atoms with E-state index in [2.05, 4.69) is 25.2 Å². The standard InChI is InChI=1S/C10H16ClNOS/c1-7(6-13-3)12-8(2)9-4-5-10(11)14-9/h4-5,7-8,12H,6H2,1-3H3/t7-,8-/m0/s1. The van der Waals surface area contributed by atoms with Crippen LogP contribution in [0.5, 0.6) is 0 Å². The van der Waals surface area contributed by atoms with Crippen molar-refractivity contribution < 1.29 is 4.74 Å². The van der Waals surface area contributed by atoms with Crippen molar-refractivity contribution in [2.75, 3.05) is 13.7 Å².